The Hall–Kier alpha value is -1.75. The van der Waals surface area contributed by atoms with Gasteiger partial charge in [0, 0.05) is 19.8 Å². The van der Waals surface area contributed by atoms with E-state index in [1.165, 1.54) is 5.56 Å². The molecule has 17 heavy (non-hydrogen) atoms. The minimum absolute atomic E-state index is 0.702. The van der Waals surface area contributed by atoms with Gasteiger partial charge in [-0.2, -0.15) is 0 Å². The van der Waals surface area contributed by atoms with Crippen LogP contribution in [0.15, 0.2) is 18.3 Å². The Morgan fingerprint density at radius 1 is 1.24 bits per heavy atom. The first-order valence-corrected chi connectivity index (χ1v) is 5.64. The molecule has 0 radical (unpaired) electrons. The average Bonchev–Trinajstić information content (AvgIpc) is 2.63. The molecule has 0 aromatic carbocycles. The predicted octanol–water partition coefficient (Wildman–Crippen LogP) is 1.12. The van der Waals surface area contributed by atoms with Crippen molar-refractivity contribution in [1.29, 1.82) is 0 Å². The lowest BCUT2D eigenvalue weighted by Crippen LogP contribution is -2.17. The molecule has 5 heteroatoms. The van der Waals surface area contributed by atoms with E-state index in [-0.39, 0.29) is 0 Å². The van der Waals surface area contributed by atoms with E-state index in [1.54, 1.807) is 0 Å². The lowest BCUT2D eigenvalue weighted by atomic mass is 10.2. The second-order valence-corrected chi connectivity index (χ2v) is 4.09. The Balaban J connectivity index is 1.92. The van der Waals surface area contributed by atoms with Crippen molar-refractivity contribution >= 4 is 0 Å². The lowest BCUT2D eigenvalue weighted by Gasteiger charge is -2.06. The topological polar surface area (TPSA) is 55.6 Å². The van der Waals surface area contributed by atoms with E-state index in [1.807, 2.05) is 30.8 Å². The van der Waals surface area contributed by atoms with E-state index in [9.17, 15) is 0 Å². The molecule has 5 nitrogen and oxygen atoms in total. The second kappa shape index (κ2) is 5.05. The Morgan fingerprint density at radius 2 is 2.06 bits per heavy atom. The van der Waals surface area contributed by atoms with Gasteiger partial charge in [0.25, 0.3) is 0 Å². The number of aromatic nitrogens is 4. The highest BCUT2D eigenvalue weighted by Crippen LogP contribution is 2.03. The van der Waals surface area contributed by atoms with Crippen LogP contribution >= 0.6 is 0 Å². The summed E-state index contributed by atoms with van der Waals surface area (Å²) < 4.78 is 1.98. The average molecular weight is 231 g/mol. The molecule has 0 amide bonds. The lowest BCUT2D eigenvalue weighted by molar-refractivity contribution is 0.624. The smallest absolute Gasteiger partial charge is 0.146 e. The molecule has 0 aliphatic rings. The molecule has 0 aliphatic heterocycles. The van der Waals surface area contributed by atoms with Gasteiger partial charge < -0.3 is 9.88 Å². The number of rotatable bonds is 4. The van der Waals surface area contributed by atoms with Crippen molar-refractivity contribution in [1.82, 2.24) is 25.1 Å². The molecule has 0 saturated carbocycles. The molecule has 2 heterocycles. The van der Waals surface area contributed by atoms with Crippen LogP contribution in [0, 0.1) is 13.8 Å². The summed E-state index contributed by atoms with van der Waals surface area (Å²) in [4.78, 5) is 4.33. The maximum Gasteiger partial charge on any atom is 0.146 e. The summed E-state index contributed by atoms with van der Waals surface area (Å²) >= 11 is 0. The van der Waals surface area contributed by atoms with Crippen molar-refractivity contribution < 1.29 is 0 Å². The van der Waals surface area contributed by atoms with Gasteiger partial charge in [-0.15, -0.1) is 10.2 Å². The van der Waals surface area contributed by atoms with Crippen LogP contribution in [0.5, 0.6) is 0 Å². The zero-order valence-corrected chi connectivity index (χ0v) is 10.4. The van der Waals surface area contributed by atoms with Crippen LogP contribution in [0.4, 0.5) is 0 Å². The minimum Gasteiger partial charge on any atom is -0.317 e. The fourth-order valence-electron chi connectivity index (χ4n) is 1.60. The predicted molar refractivity (Wildman–Crippen MR) is 65.3 cm³/mol. The van der Waals surface area contributed by atoms with E-state index >= 15 is 0 Å². The molecule has 0 atom stereocenters. The quantitative estimate of drug-likeness (QED) is 0.856. The largest absolute Gasteiger partial charge is 0.317 e. The van der Waals surface area contributed by atoms with Gasteiger partial charge in [0.15, 0.2) is 0 Å². The van der Waals surface area contributed by atoms with Gasteiger partial charge in [-0.3, -0.25) is 4.98 Å². The van der Waals surface area contributed by atoms with Crippen molar-refractivity contribution in [3.63, 3.8) is 0 Å². The summed E-state index contributed by atoms with van der Waals surface area (Å²) in [7, 11) is 1.97. The molecule has 0 aliphatic carbocycles. The van der Waals surface area contributed by atoms with Crippen LogP contribution in [-0.4, -0.2) is 19.7 Å². The minimum atomic E-state index is 0.702. The van der Waals surface area contributed by atoms with Crippen LogP contribution < -0.4 is 5.32 Å². The standard InChI is InChI=1S/C12H17N5/c1-9-5-4-6-14-11(9)7-13-8-12-16-15-10(2)17(12)3/h4-6,13H,7-8H2,1-3H3. The molecule has 2 aromatic rings. The monoisotopic (exact) mass is 231 g/mol. The van der Waals surface area contributed by atoms with Gasteiger partial charge in [-0.05, 0) is 25.5 Å². The maximum atomic E-state index is 4.33. The molecule has 0 spiro atoms. The molecule has 0 unspecified atom stereocenters. The van der Waals surface area contributed by atoms with Crippen molar-refractivity contribution in [2.75, 3.05) is 0 Å². The highest BCUT2D eigenvalue weighted by molar-refractivity contribution is 5.17. The number of nitrogens with one attached hydrogen (secondary N) is 1. The maximum absolute atomic E-state index is 4.33. The Labute approximate surface area is 101 Å². The van der Waals surface area contributed by atoms with Crippen LogP contribution in [0.1, 0.15) is 22.9 Å². The molecule has 0 fully saturated rings. The third kappa shape index (κ3) is 2.68. The highest BCUT2D eigenvalue weighted by Gasteiger charge is 2.04. The first-order chi connectivity index (χ1) is 8.18. The molecular formula is C12H17N5. The Morgan fingerprint density at radius 3 is 2.71 bits per heavy atom. The van der Waals surface area contributed by atoms with E-state index < -0.39 is 0 Å². The Bertz CT molecular complexity index is 503. The van der Waals surface area contributed by atoms with E-state index in [2.05, 4.69) is 33.5 Å². The number of hydrogen-bond donors (Lipinski definition) is 1. The van der Waals surface area contributed by atoms with Crippen LogP contribution in [0.2, 0.25) is 0 Å². The number of hydrogen-bond acceptors (Lipinski definition) is 4. The molecule has 0 bridgehead atoms. The van der Waals surface area contributed by atoms with Gasteiger partial charge >= 0.3 is 0 Å². The van der Waals surface area contributed by atoms with E-state index in [0.717, 1.165) is 23.9 Å². The van der Waals surface area contributed by atoms with Crippen molar-refractivity contribution in [2.24, 2.45) is 7.05 Å². The Kier molecular flexibility index (Phi) is 3.49. The van der Waals surface area contributed by atoms with Crippen LogP contribution in [0.3, 0.4) is 0 Å². The van der Waals surface area contributed by atoms with Crippen LogP contribution in [0.25, 0.3) is 0 Å². The van der Waals surface area contributed by atoms with E-state index in [4.69, 9.17) is 0 Å². The second-order valence-electron chi connectivity index (χ2n) is 4.09. The summed E-state index contributed by atoms with van der Waals surface area (Å²) in [5.74, 6) is 1.87. The van der Waals surface area contributed by atoms with Gasteiger partial charge in [0.1, 0.15) is 11.6 Å². The molecular weight excluding hydrogens is 214 g/mol. The van der Waals surface area contributed by atoms with Crippen molar-refractivity contribution in [2.45, 2.75) is 26.9 Å². The number of aryl methyl sites for hydroxylation is 2. The fraction of sp³-hybridized carbons (Fsp3) is 0.417. The third-order valence-electron chi connectivity index (χ3n) is 2.88. The van der Waals surface area contributed by atoms with Gasteiger partial charge in [0.2, 0.25) is 0 Å². The molecule has 90 valence electrons. The first kappa shape index (κ1) is 11.7. The SMILES string of the molecule is Cc1cccnc1CNCc1nnc(C)n1C. The zero-order valence-electron chi connectivity index (χ0n) is 10.4. The summed E-state index contributed by atoms with van der Waals surface area (Å²) in [6.07, 6.45) is 1.82. The molecule has 2 aromatic heterocycles. The third-order valence-corrected chi connectivity index (χ3v) is 2.88. The number of pyridine rings is 1. The van der Waals surface area contributed by atoms with Gasteiger partial charge in [0.05, 0.1) is 12.2 Å². The normalized spacial score (nSPS) is 10.8. The zero-order chi connectivity index (χ0) is 12.3. The van der Waals surface area contributed by atoms with Gasteiger partial charge in [-0.1, -0.05) is 6.07 Å². The van der Waals surface area contributed by atoms with E-state index in [0.29, 0.717) is 6.54 Å². The molecule has 1 N–H and O–H groups in total. The summed E-state index contributed by atoms with van der Waals surface area (Å²) in [5, 5.41) is 11.4. The molecule has 0 saturated heterocycles. The van der Waals surface area contributed by atoms with Crippen LogP contribution in [-0.2, 0) is 20.1 Å². The first-order valence-electron chi connectivity index (χ1n) is 5.64. The summed E-state index contributed by atoms with van der Waals surface area (Å²) in [5.41, 5.74) is 2.28. The van der Waals surface area contributed by atoms with Crippen molar-refractivity contribution in [3.05, 3.63) is 41.2 Å². The highest BCUT2D eigenvalue weighted by atomic mass is 15.3. The summed E-state index contributed by atoms with van der Waals surface area (Å²) in [6, 6.07) is 4.02. The van der Waals surface area contributed by atoms with Crippen molar-refractivity contribution in [3.8, 4) is 0 Å². The summed E-state index contributed by atoms with van der Waals surface area (Å²) in [6.45, 7) is 5.46. The molecule has 2 rings (SSSR count). The number of nitrogens with zero attached hydrogens (tertiary/aromatic N) is 4. The fourth-order valence-corrected chi connectivity index (χ4v) is 1.60. The van der Waals surface area contributed by atoms with Gasteiger partial charge in [-0.25, -0.2) is 0 Å².